The van der Waals surface area contributed by atoms with Gasteiger partial charge in [0.2, 0.25) is 0 Å². The number of hydrogen-bond acceptors (Lipinski definition) is 4. The normalized spacial score (nSPS) is 22.2. The van der Waals surface area contributed by atoms with Crippen molar-refractivity contribution in [2.24, 2.45) is 17.8 Å². The molecule has 1 aliphatic carbocycles. The molecule has 1 aromatic carbocycles. The smallest absolute Gasteiger partial charge is 0.307 e. The predicted molar refractivity (Wildman–Crippen MR) is 87.3 cm³/mol. The first-order valence-electron chi connectivity index (χ1n) is 7.98. The minimum absolute atomic E-state index is 0.147. The van der Waals surface area contributed by atoms with Crippen molar-refractivity contribution in [1.82, 2.24) is 0 Å². The van der Waals surface area contributed by atoms with Crippen LogP contribution in [0.15, 0.2) is 30.3 Å². The lowest BCUT2D eigenvalue weighted by Crippen LogP contribution is -2.24. The summed E-state index contributed by atoms with van der Waals surface area (Å²) >= 11 is 0. The molecule has 0 amide bonds. The second kappa shape index (κ2) is 9.17. The Labute approximate surface area is 141 Å². The van der Waals surface area contributed by atoms with Crippen molar-refractivity contribution in [3.63, 3.8) is 0 Å². The first-order chi connectivity index (χ1) is 11.3. The van der Waals surface area contributed by atoms with Crippen molar-refractivity contribution in [2.75, 3.05) is 0 Å². The van der Waals surface area contributed by atoms with E-state index < -0.39 is 23.8 Å². The Hall–Kier alpha value is -2.21. The fraction of sp³-hybridized carbons (Fsp3) is 0.500. The molecule has 3 N–H and O–H groups in total. The third-order valence-electron chi connectivity index (χ3n) is 4.34. The highest BCUT2D eigenvalue weighted by Crippen LogP contribution is 2.29. The molecule has 6 nitrogen and oxygen atoms in total. The maximum absolute atomic E-state index is 10.7. The van der Waals surface area contributed by atoms with Crippen LogP contribution in [0, 0.1) is 17.8 Å². The van der Waals surface area contributed by atoms with E-state index in [1.54, 1.807) is 0 Å². The van der Waals surface area contributed by atoms with Crippen LogP contribution in [-0.2, 0) is 14.4 Å². The molecule has 6 heteroatoms. The predicted octanol–water partition coefficient (Wildman–Crippen LogP) is 2.52. The van der Waals surface area contributed by atoms with E-state index in [1.807, 2.05) is 30.3 Å². The van der Waals surface area contributed by atoms with Gasteiger partial charge in [-0.25, -0.2) is 0 Å². The number of ketones is 1. The number of aliphatic hydroxyl groups excluding tert-OH is 1. The van der Waals surface area contributed by atoms with Gasteiger partial charge in [-0.3, -0.25) is 14.4 Å². The zero-order valence-corrected chi connectivity index (χ0v) is 13.9. The minimum Gasteiger partial charge on any atom is -0.481 e. The maximum Gasteiger partial charge on any atom is 0.307 e. The van der Waals surface area contributed by atoms with Gasteiger partial charge in [0, 0.05) is 12.8 Å². The molecule has 0 aliphatic heterocycles. The summed E-state index contributed by atoms with van der Waals surface area (Å²) in [6.07, 6.45) is 0.408. The van der Waals surface area contributed by atoms with Gasteiger partial charge in [0.15, 0.2) is 0 Å². The Morgan fingerprint density at radius 1 is 1.08 bits per heavy atom. The number of carboxylic acid groups (broad SMARTS) is 2. The quantitative estimate of drug-likeness (QED) is 0.762. The van der Waals surface area contributed by atoms with Crippen molar-refractivity contribution in [2.45, 2.75) is 39.2 Å². The molecule has 132 valence electrons. The van der Waals surface area contributed by atoms with Crippen LogP contribution in [-0.4, -0.2) is 33.0 Å². The van der Waals surface area contributed by atoms with E-state index in [9.17, 15) is 19.5 Å². The molecule has 2 rings (SSSR count). The summed E-state index contributed by atoms with van der Waals surface area (Å²) in [5, 5.41) is 26.9. The number of benzene rings is 1. The van der Waals surface area contributed by atoms with E-state index in [-0.39, 0.29) is 24.7 Å². The molecule has 0 spiro atoms. The minimum atomic E-state index is -1.20. The molecule has 4 atom stereocenters. The summed E-state index contributed by atoms with van der Waals surface area (Å²) in [6, 6.07) is 9.82. The van der Waals surface area contributed by atoms with E-state index in [0.29, 0.717) is 5.92 Å². The highest BCUT2D eigenvalue weighted by atomic mass is 16.4. The van der Waals surface area contributed by atoms with E-state index in [1.165, 1.54) is 0 Å². The lowest BCUT2D eigenvalue weighted by atomic mass is 9.95. The van der Waals surface area contributed by atoms with Gasteiger partial charge in [-0.05, 0) is 11.5 Å². The standard InChI is InChI=1S/C11H16O.C7H8O5/c1-3-9(2)11(12)10-7-5-4-6-8-10;8-3-1-4(6(9)10)5(2-3)7(11)12/h4-9,11-12H,3H2,1-2H3;4-5H,1-2H2,(H,9,10)(H,11,12)/t9-,11+;4-,5-/m11/s1. The number of aliphatic carboxylic acids is 2. The molecular formula is C18H24O6. The lowest BCUT2D eigenvalue weighted by Gasteiger charge is -2.16. The van der Waals surface area contributed by atoms with Gasteiger partial charge in [0.05, 0.1) is 17.9 Å². The Bertz CT molecular complexity index is 544. The summed E-state index contributed by atoms with van der Waals surface area (Å²) in [5.74, 6) is -4.41. The van der Waals surface area contributed by atoms with Crippen LogP contribution in [0.4, 0.5) is 0 Å². The molecule has 0 bridgehead atoms. The molecule has 0 heterocycles. The molecule has 0 unspecified atom stereocenters. The molecule has 1 aliphatic rings. The molecule has 24 heavy (non-hydrogen) atoms. The van der Waals surface area contributed by atoms with E-state index >= 15 is 0 Å². The van der Waals surface area contributed by atoms with Crippen LogP contribution < -0.4 is 0 Å². The summed E-state index contributed by atoms with van der Waals surface area (Å²) in [6.45, 7) is 4.16. The summed E-state index contributed by atoms with van der Waals surface area (Å²) < 4.78 is 0. The molecule has 1 fully saturated rings. The van der Waals surface area contributed by atoms with Crippen molar-refractivity contribution >= 4 is 17.7 Å². The number of Topliss-reactive ketones (excluding diaryl/α,β-unsaturated/α-hetero) is 1. The Morgan fingerprint density at radius 3 is 1.92 bits per heavy atom. The fourth-order valence-corrected chi connectivity index (χ4v) is 2.58. The molecular weight excluding hydrogens is 312 g/mol. The zero-order chi connectivity index (χ0) is 18.3. The fourth-order valence-electron chi connectivity index (χ4n) is 2.58. The highest BCUT2D eigenvalue weighted by molar-refractivity contribution is 5.94. The molecule has 1 aromatic rings. The van der Waals surface area contributed by atoms with Crippen molar-refractivity contribution < 1.29 is 29.7 Å². The highest BCUT2D eigenvalue weighted by Gasteiger charge is 2.42. The molecule has 0 aromatic heterocycles. The van der Waals surface area contributed by atoms with Gasteiger partial charge in [0.1, 0.15) is 5.78 Å². The van der Waals surface area contributed by atoms with Gasteiger partial charge in [0.25, 0.3) is 0 Å². The van der Waals surface area contributed by atoms with E-state index in [2.05, 4.69) is 13.8 Å². The van der Waals surface area contributed by atoms with E-state index in [0.717, 1.165) is 12.0 Å². The van der Waals surface area contributed by atoms with E-state index in [4.69, 9.17) is 10.2 Å². The number of aliphatic hydroxyl groups is 1. The van der Waals surface area contributed by atoms with Gasteiger partial charge < -0.3 is 15.3 Å². The van der Waals surface area contributed by atoms with Gasteiger partial charge in [-0.2, -0.15) is 0 Å². The van der Waals surface area contributed by atoms with Gasteiger partial charge in [-0.1, -0.05) is 50.6 Å². The van der Waals surface area contributed by atoms with Crippen LogP contribution in [0.5, 0.6) is 0 Å². The van der Waals surface area contributed by atoms with Crippen LogP contribution in [0.25, 0.3) is 0 Å². The topological polar surface area (TPSA) is 112 Å². The Balaban J connectivity index is 0.000000240. The maximum atomic E-state index is 10.7. The zero-order valence-electron chi connectivity index (χ0n) is 13.9. The van der Waals surface area contributed by atoms with Crippen LogP contribution in [0.2, 0.25) is 0 Å². The van der Waals surface area contributed by atoms with Gasteiger partial charge in [-0.15, -0.1) is 0 Å². The Morgan fingerprint density at radius 2 is 1.54 bits per heavy atom. The van der Waals surface area contributed by atoms with Crippen molar-refractivity contribution in [1.29, 1.82) is 0 Å². The van der Waals surface area contributed by atoms with Crippen LogP contribution in [0.3, 0.4) is 0 Å². The second-order valence-electron chi connectivity index (χ2n) is 6.08. The molecule has 0 saturated heterocycles. The largest absolute Gasteiger partial charge is 0.481 e. The summed E-state index contributed by atoms with van der Waals surface area (Å²) in [5.41, 5.74) is 1.02. The number of hydrogen-bond donors (Lipinski definition) is 3. The average molecular weight is 336 g/mol. The first kappa shape index (κ1) is 19.8. The lowest BCUT2D eigenvalue weighted by molar-refractivity contribution is -0.152. The van der Waals surface area contributed by atoms with Crippen LogP contribution >= 0.6 is 0 Å². The molecule has 0 radical (unpaired) electrons. The Kier molecular flexibility index (Phi) is 7.58. The van der Waals surface area contributed by atoms with Crippen LogP contribution in [0.1, 0.15) is 44.8 Å². The number of carbonyl (C=O) groups is 3. The average Bonchev–Trinajstić information content (AvgIpc) is 2.97. The summed E-state index contributed by atoms with van der Waals surface area (Å²) in [7, 11) is 0. The monoisotopic (exact) mass is 336 g/mol. The summed E-state index contributed by atoms with van der Waals surface area (Å²) in [4.78, 5) is 31.6. The number of carboxylic acids is 2. The first-order valence-corrected chi connectivity index (χ1v) is 7.98. The number of carbonyl (C=O) groups excluding carboxylic acids is 1. The molecule has 1 saturated carbocycles. The third kappa shape index (κ3) is 5.45. The van der Waals surface area contributed by atoms with Crippen molar-refractivity contribution in [3.05, 3.63) is 35.9 Å². The number of rotatable bonds is 5. The van der Waals surface area contributed by atoms with Crippen molar-refractivity contribution in [3.8, 4) is 0 Å². The van der Waals surface area contributed by atoms with Gasteiger partial charge >= 0.3 is 11.9 Å². The second-order valence-corrected chi connectivity index (χ2v) is 6.08. The third-order valence-corrected chi connectivity index (χ3v) is 4.34. The SMILES string of the molecule is CC[C@@H](C)[C@H](O)c1ccccc1.O=C1C[C@@H](C(=O)O)[C@H](C(=O)O)C1.